The van der Waals surface area contributed by atoms with Gasteiger partial charge < -0.3 is 14.8 Å². The van der Waals surface area contributed by atoms with Crippen LogP contribution in [0.4, 0.5) is 0 Å². The molecule has 1 aliphatic heterocycles. The van der Waals surface area contributed by atoms with Crippen molar-refractivity contribution in [1.29, 1.82) is 0 Å². The number of piperidine rings is 1. The van der Waals surface area contributed by atoms with E-state index < -0.39 is 0 Å². The summed E-state index contributed by atoms with van der Waals surface area (Å²) in [6.07, 6.45) is 7.84. The molecule has 0 spiro atoms. The van der Waals surface area contributed by atoms with Crippen molar-refractivity contribution in [2.75, 3.05) is 20.1 Å². The van der Waals surface area contributed by atoms with Crippen LogP contribution >= 0.6 is 0 Å². The van der Waals surface area contributed by atoms with Gasteiger partial charge in [-0.15, -0.1) is 0 Å². The van der Waals surface area contributed by atoms with Crippen molar-refractivity contribution in [3.05, 3.63) is 18.2 Å². The van der Waals surface area contributed by atoms with Crippen molar-refractivity contribution in [2.24, 2.45) is 7.05 Å². The second kappa shape index (κ2) is 5.46. The first kappa shape index (κ1) is 11.6. The summed E-state index contributed by atoms with van der Waals surface area (Å²) in [5, 5.41) is 3.53. The second-order valence-corrected chi connectivity index (χ2v) is 4.76. The quantitative estimate of drug-likeness (QED) is 0.825. The highest BCUT2D eigenvalue weighted by atomic mass is 15.2. The Kier molecular flexibility index (Phi) is 3.96. The number of hydrogen-bond acceptors (Lipinski definition) is 3. The first-order valence-electron chi connectivity index (χ1n) is 6.13. The Morgan fingerprint density at radius 2 is 2.31 bits per heavy atom. The second-order valence-electron chi connectivity index (χ2n) is 4.76. The van der Waals surface area contributed by atoms with Crippen LogP contribution in [0.5, 0.6) is 0 Å². The summed E-state index contributed by atoms with van der Waals surface area (Å²) in [6.45, 7) is 3.25. The van der Waals surface area contributed by atoms with E-state index in [1.54, 1.807) is 0 Å². The number of imidazole rings is 1. The van der Waals surface area contributed by atoms with Gasteiger partial charge in [0.05, 0.1) is 12.0 Å². The van der Waals surface area contributed by atoms with Gasteiger partial charge in [-0.2, -0.15) is 0 Å². The summed E-state index contributed by atoms with van der Waals surface area (Å²) in [5.41, 5.74) is 1.25. The lowest BCUT2D eigenvalue weighted by Crippen LogP contribution is -2.42. The van der Waals surface area contributed by atoms with Crippen LogP contribution < -0.4 is 5.32 Å². The molecule has 16 heavy (non-hydrogen) atoms. The fourth-order valence-electron chi connectivity index (χ4n) is 2.32. The maximum Gasteiger partial charge on any atom is 0.0945 e. The standard InChI is InChI=1S/C12H22N4/c1-15-6-4-3-5-11(15)7-13-8-12-9-14-10-16(12)2/h9-11,13H,3-8H2,1-2H3. The van der Waals surface area contributed by atoms with Crippen molar-refractivity contribution >= 4 is 0 Å². The number of aromatic nitrogens is 2. The molecule has 0 aromatic carbocycles. The normalized spacial score (nSPS) is 22.5. The van der Waals surface area contributed by atoms with Crippen LogP contribution in [0, 0.1) is 0 Å². The zero-order chi connectivity index (χ0) is 11.4. The lowest BCUT2D eigenvalue weighted by Gasteiger charge is -2.32. The van der Waals surface area contributed by atoms with E-state index in [1.165, 1.54) is 31.5 Å². The maximum absolute atomic E-state index is 4.11. The summed E-state index contributed by atoms with van der Waals surface area (Å²) in [5.74, 6) is 0. The minimum Gasteiger partial charge on any atom is -0.337 e. The highest BCUT2D eigenvalue weighted by Gasteiger charge is 2.17. The topological polar surface area (TPSA) is 33.1 Å². The third kappa shape index (κ3) is 2.83. The molecule has 1 atom stereocenters. The van der Waals surface area contributed by atoms with Gasteiger partial charge in [-0.3, -0.25) is 0 Å². The van der Waals surface area contributed by atoms with Crippen LogP contribution in [0.3, 0.4) is 0 Å². The summed E-state index contributed by atoms with van der Waals surface area (Å²) >= 11 is 0. The molecule has 1 N–H and O–H groups in total. The third-order valence-electron chi connectivity index (χ3n) is 3.52. The highest BCUT2D eigenvalue weighted by molar-refractivity contribution is 4.96. The van der Waals surface area contributed by atoms with Gasteiger partial charge in [-0.25, -0.2) is 4.98 Å². The number of nitrogens with zero attached hydrogens (tertiary/aromatic N) is 3. The molecule has 1 aromatic rings. The fraction of sp³-hybridized carbons (Fsp3) is 0.750. The lowest BCUT2D eigenvalue weighted by molar-refractivity contribution is 0.181. The van der Waals surface area contributed by atoms with E-state index in [4.69, 9.17) is 0 Å². The number of hydrogen-bond donors (Lipinski definition) is 1. The van der Waals surface area contributed by atoms with Gasteiger partial charge in [-0.05, 0) is 26.4 Å². The van der Waals surface area contributed by atoms with Gasteiger partial charge in [0.25, 0.3) is 0 Å². The first-order valence-corrected chi connectivity index (χ1v) is 6.13. The average Bonchev–Trinajstić information content (AvgIpc) is 2.67. The van der Waals surface area contributed by atoms with Crippen LogP contribution in [0.25, 0.3) is 0 Å². The highest BCUT2D eigenvalue weighted by Crippen LogP contribution is 2.14. The summed E-state index contributed by atoms with van der Waals surface area (Å²) in [6, 6.07) is 0.710. The predicted octanol–water partition coefficient (Wildman–Crippen LogP) is 0.994. The third-order valence-corrected chi connectivity index (χ3v) is 3.52. The van der Waals surface area contributed by atoms with Crippen molar-refractivity contribution in [2.45, 2.75) is 31.8 Å². The molecule has 0 aliphatic carbocycles. The molecule has 1 aromatic heterocycles. The Bertz CT molecular complexity index is 321. The Morgan fingerprint density at radius 1 is 1.44 bits per heavy atom. The molecule has 90 valence electrons. The molecule has 1 saturated heterocycles. The van der Waals surface area contributed by atoms with Gasteiger partial charge in [0.2, 0.25) is 0 Å². The lowest BCUT2D eigenvalue weighted by atomic mass is 10.0. The molecule has 1 fully saturated rings. The van der Waals surface area contributed by atoms with Crippen molar-refractivity contribution in [3.63, 3.8) is 0 Å². The van der Waals surface area contributed by atoms with Crippen LogP contribution in [0.15, 0.2) is 12.5 Å². The largest absolute Gasteiger partial charge is 0.337 e. The minimum atomic E-state index is 0.710. The summed E-state index contributed by atoms with van der Waals surface area (Å²) in [4.78, 5) is 6.59. The Labute approximate surface area is 97.7 Å². The number of nitrogens with one attached hydrogen (secondary N) is 1. The molecular formula is C12H22N4. The SMILES string of the molecule is CN1CCCCC1CNCc1cncn1C. The molecule has 0 saturated carbocycles. The molecule has 0 radical (unpaired) electrons. The van der Waals surface area contributed by atoms with E-state index in [1.807, 2.05) is 19.6 Å². The molecule has 1 aliphatic rings. The van der Waals surface area contributed by atoms with Gasteiger partial charge >= 0.3 is 0 Å². The number of likely N-dealkylation sites (tertiary alicyclic amines) is 1. The molecule has 2 rings (SSSR count). The Balaban J connectivity index is 1.73. The van der Waals surface area contributed by atoms with Crippen molar-refractivity contribution in [3.8, 4) is 0 Å². The first-order chi connectivity index (χ1) is 7.77. The molecule has 1 unspecified atom stereocenters. The van der Waals surface area contributed by atoms with E-state index >= 15 is 0 Å². The Morgan fingerprint density at radius 3 is 3.00 bits per heavy atom. The van der Waals surface area contributed by atoms with Crippen molar-refractivity contribution in [1.82, 2.24) is 19.8 Å². The van der Waals surface area contributed by atoms with Crippen LogP contribution in [-0.2, 0) is 13.6 Å². The van der Waals surface area contributed by atoms with E-state index in [9.17, 15) is 0 Å². The molecule has 4 heteroatoms. The summed E-state index contributed by atoms with van der Waals surface area (Å²) < 4.78 is 2.07. The predicted molar refractivity (Wildman–Crippen MR) is 65.2 cm³/mol. The van der Waals surface area contributed by atoms with Gasteiger partial charge in [-0.1, -0.05) is 6.42 Å². The minimum absolute atomic E-state index is 0.710. The maximum atomic E-state index is 4.11. The van der Waals surface area contributed by atoms with Gasteiger partial charge in [0.1, 0.15) is 0 Å². The zero-order valence-corrected chi connectivity index (χ0v) is 10.3. The van der Waals surface area contributed by atoms with E-state index in [0.29, 0.717) is 6.04 Å². The smallest absolute Gasteiger partial charge is 0.0945 e. The summed E-state index contributed by atoms with van der Waals surface area (Å²) in [7, 11) is 4.27. The molecule has 0 bridgehead atoms. The molecular weight excluding hydrogens is 200 g/mol. The number of aryl methyl sites for hydroxylation is 1. The molecule has 4 nitrogen and oxygen atoms in total. The van der Waals surface area contributed by atoms with Gasteiger partial charge in [0.15, 0.2) is 0 Å². The average molecular weight is 222 g/mol. The number of rotatable bonds is 4. The fourth-order valence-corrected chi connectivity index (χ4v) is 2.32. The van der Waals surface area contributed by atoms with Crippen molar-refractivity contribution < 1.29 is 0 Å². The van der Waals surface area contributed by atoms with E-state index in [-0.39, 0.29) is 0 Å². The number of likely N-dealkylation sites (N-methyl/N-ethyl adjacent to an activating group) is 1. The van der Waals surface area contributed by atoms with Gasteiger partial charge in [0, 0.05) is 32.4 Å². The van der Waals surface area contributed by atoms with E-state index in [0.717, 1.165) is 13.1 Å². The Hall–Kier alpha value is -0.870. The molecule has 0 amide bonds. The zero-order valence-electron chi connectivity index (χ0n) is 10.3. The van der Waals surface area contributed by atoms with Crippen LogP contribution in [0.2, 0.25) is 0 Å². The van der Waals surface area contributed by atoms with Crippen LogP contribution in [0.1, 0.15) is 25.0 Å². The van der Waals surface area contributed by atoms with Crippen LogP contribution in [-0.4, -0.2) is 40.6 Å². The van der Waals surface area contributed by atoms with E-state index in [2.05, 4.69) is 26.8 Å². The molecule has 2 heterocycles. The monoisotopic (exact) mass is 222 g/mol.